The highest BCUT2D eigenvalue weighted by Crippen LogP contribution is 2.31. The molecule has 98 valence electrons. The summed E-state index contributed by atoms with van der Waals surface area (Å²) in [6, 6.07) is 9.78. The Balaban J connectivity index is 2.31. The molecule has 0 saturated heterocycles. The van der Waals surface area contributed by atoms with E-state index in [1.165, 1.54) is 0 Å². The van der Waals surface area contributed by atoms with Crippen molar-refractivity contribution >= 4 is 5.69 Å². The molecule has 0 bridgehead atoms. The summed E-state index contributed by atoms with van der Waals surface area (Å²) in [5.41, 5.74) is 6.07. The van der Waals surface area contributed by atoms with Gasteiger partial charge in [0, 0.05) is 18.7 Å². The number of nitro benzene ring substituents is 1. The molecule has 2 rings (SSSR count). The van der Waals surface area contributed by atoms with Gasteiger partial charge in [-0.15, -0.1) is 0 Å². The number of rotatable bonds is 4. The van der Waals surface area contributed by atoms with Crippen LogP contribution >= 0.6 is 0 Å². The molecule has 0 aliphatic carbocycles. The Kier molecular flexibility index (Phi) is 3.72. The molecule has 2 N–H and O–H groups in total. The molecule has 0 fully saturated rings. The number of benzene rings is 2. The monoisotopic (exact) mass is 262 g/mol. The van der Waals surface area contributed by atoms with Gasteiger partial charge in [0.1, 0.15) is 11.6 Å². The second-order valence-corrected chi connectivity index (χ2v) is 3.82. The molecule has 0 aromatic heterocycles. The first-order valence-electron chi connectivity index (χ1n) is 5.51. The van der Waals surface area contributed by atoms with Gasteiger partial charge in [-0.1, -0.05) is 12.1 Å². The van der Waals surface area contributed by atoms with Crippen LogP contribution in [0.15, 0.2) is 42.5 Å². The fourth-order valence-electron chi connectivity index (χ4n) is 1.54. The minimum absolute atomic E-state index is 0.134. The molecule has 19 heavy (non-hydrogen) atoms. The van der Waals surface area contributed by atoms with Crippen molar-refractivity contribution in [3.05, 3.63) is 64.0 Å². The largest absolute Gasteiger partial charge is 0.450 e. The highest BCUT2D eigenvalue weighted by molar-refractivity contribution is 5.48. The lowest BCUT2D eigenvalue weighted by Crippen LogP contribution is -1.96. The second-order valence-electron chi connectivity index (χ2n) is 3.82. The fourth-order valence-corrected chi connectivity index (χ4v) is 1.54. The number of nitrogens with zero attached hydrogens (tertiary/aromatic N) is 1. The van der Waals surface area contributed by atoms with E-state index in [0.717, 1.165) is 23.8 Å². The van der Waals surface area contributed by atoms with Gasteiger partial charge in [-0.3, -0.25) is 10.1 Å². The Morgan fingerprint density at radius 2 is 1.89 bits per heavy atom. The summed E-state index contributed by atoms with van der Waals surface area (Å²) in [7, 11) is 0. The van der Waals surface area contributed by atoms with Crippen molar-refractivity contribution in [1.29, 1.82) is 0 Å². The molecule has 0 atom stereocenters. The Bertz CT molecular complexity index is 599. The highest BCUT2D eigenvalue weighted by atomic mass is 19.1. The lowest BCUT2D eigenvalue weighted by molar-refractivity contribution is -0.385. The molecule has 0 spiro atoms. The van der Waals surface area contributed by atoms with Gasteiger partial charge < -0.3 is 10.5 Å². The zero-order valence-electron chi connectivity index (χ0n) is 9.88. The van der Waals surface area contributed by atoms with Crippen molar-refractivity contribution in [2.45, 2.75) is 6.54 Å². The highest BCUT2D eigenvalue weighted by Gasteiger charge is 2.16. The van der Waals surface area contributed by atoms with Crippen LogP contribution in [-0.4, -0.2) is 4.92 Å². The van der Waals surface area contributed by atoms with Gasteiger partial charge >= 0.3 is 5.69 Å². The number of ether oxygens (including phenoxy) is 1. The first-order valence-corrected chi connectivity index (χ1v) is 5.51. The van der Waals surface area contributed by atoms with Crippen molar-refractivity contribution in [3.63, 3.8) is 0 Å². The summed E-state index contributed by atoms with van der Waals surface area (Å²) in [5.74, 6) is -0.351. The van der Waals surface area contributed by atoms with Gasteiger partial charge in [-0.05, 0) is 23.8 Å². The molecule has 0 aliphatic heterocycles. The third kappa shape index (κ3) is 3.05. The Morgan fingerprint density at radius 1 is 1.21 bits per heavy atom. The number of nitrogens with two attached hydrogens (primary N) is 1. The first-order chi connectivity index (χ1) is 9.10. The number of hydrogen-bond acceptors (Lipinski definition) is 4. The summed E-state index contributed by atoms with van der Waals surface area (Å²) in [6.07, 6.45) is 0. The third-order valence-electron chi connectivity index (χ3n) is 2.51. The average molecular weight is 262 g/mol. The molecule has 0 heterocycles. The molecule has 2 aromatic carbocycles. The number of nitro groups is 1. The second kappa shape index (κ2) is 5.45. The zero-order valence-corrected chi connectivity index (χ0v) is 9.88. The Labute approximate surface area is 108 Å². The zero-order chi connectivity index (χ0) is 13.8. The van der Waals surface area contributed by atoms with E-state index in [1.54, 1.807) is 24.3 Å². The Hall–Kier alpha value is -2.47. The number of halogens is 1. The van der Waals surface area contributed by atoms with E-state index in [4.69, 9.17) is 10.5 Å². The van der Waals surface area contributed by atoms with Crippen LogP contribution in [-0.2, 0) is 6.54 Å². The van der Waals surface area contributed by atoms with Crippen LogP contribution in [0.5, 0.6) is 11.5 Å². The smallest absolute Gasteiger partial charge is 0.311 e. The van der Waals surface area contributed by atoms with Crippen LogP contribution in [0.3, 0.4) is 0 Å². The normalized spacial score (nSPS) is 10.2. The van der Waals surface area contributed by atoms with E-state index in [2.05, 4.69) is 0 Å². The molecule has 0 aliphatic rings. The summed E-state index contributed by atoms with van der Waals surface area (Å²) in [5, 5.41) is 10.8. The van der Waals surface area contributed by atoms with E-state index in [9.17, 15) is 14.5 Å². The van der Waals surface area contributed by atoms with Gasteiger partial charge in [0.05, 0.1) is 4.92 Å². The van der Waals surface area contributed by atoms with Crippen molar-refractivity contribution in [2.24, 2.45) is 5.73 Å². The van der Waals surface area contributed by atoms with Crippen LogP contribution in [0, 0.1) is 15.9 Å². The summed E-state index contributed by atoms with van der Waals surface area (Å²) in [4.78, 5) is 10.2. The van der Waals surface area contributed by atoms with Crippen LogP contribution < -0.4 is 10.5 Å². The SMILES string of the molecule is NCc1ccc(Oc2cc(F)ccc2[N+](=O)[O-])cc1. The maximum absolute atomic E-state index is 13.1. The molecule has 0 radical (unpaired) electrons. The lowest BCUT2D eigenvalue weighted by atomic mass is 10.2. The van der Waals surface area contributed by atoms with Gasteiger partial charge in [0.15, 0.2) is 0 Å². The van der Waals surface area contributed by atoms with E-state index >= 15 is 0 Å². The Morgan fingerprint density at radius 3 is 2.47 bits per heavy atom. The minimum atomic E-state index is -0.622. The molecule has 0 saturated carbocycles. The van der Waals surface area contributed by atoms with Crippen LogP contribution in [0.25, 0.3) is 0 Å². The van der Waals surface area contributed by atoms with Crippen molar-refractivity contribution < 1.29 is 14.1 Å². The predicted octanol–water partition coefficient (Wildman–Crippen LogP) is 2.98. The average Bonchev–Trinajstić information content (AvgIpc) is 2.39. The van der Waals surface area contributed by atoms with E-state index in [-0.39, 0.29) is 11.4 Å². The van der Waals surface area contributed by atoms with Gasteiger partial charge in [-0.25, -0.2) is 4.39 Å². The van der Waals surface area contributed by atoms with Gasteiger partial charge in [-0.2, -0.15) is 0 Å². The fraction of sp³-hybridized carbons (Fsp3) is 0.0769. The lowest BCUT2D eigenvalue weighted by Gasteiger charge is -2.07. The van der Waals surface area contributed by atoms with Crippen LogP contribution in [0.4, 0.5) is 10.1 Å². The third-order valence-corrected chi connectivity index (χ3v) is 2.51. The molecule has 2 aromatic rings. The van der Waals surface area contributed by atoms with Crippen LogP contribution in [0.1, 0.15) is 5.56 Å². The van der Waals surface area contributed by atoms with E-state index < -0.39 is 10.7 Å². The summed E-state index contributed by atoms with van der Waals surface area (Å²) < 4.78 is 18.4. The van der Waals surface area contributed by atoms with E-state index in [1.807, 2.05) is 0 Å². The van der Waals surface area contributed by atoms with E-state index in [0.29, 0.717) is 12.3 Å². The van der Waals surface area contributed by atoms with Gasteiger partial charge in [0.25, 0.3) is 0 Å². The summed E-state index contributed by atoms with van der Waals surface area (Å²) >= 11 is 0. The molecular formula is C13H11FN2O3. The summed E-state index contributed by atoms with van der Waals surface area (Å²) in [6.45, 7) is 0.389. The first kappa shape index (κ1) is 13.0. The van der Waals surface area contributed by atoms with Gasteiger partial charge in [0.2, 0.25) is 5.75 Å². The molecular weight excluding hydrogens is 251 g/mol. The topological polar surface area (TPSA) is 78.4 Å². The standard InChI is InChI=1S/C13H11FN2O3/c14-10-3-6-12(16(17)18)13(7-10)19-11-4-1-9(8-15)2-5-11/h1-7H,8,15H2. The van der Waals surface area contributed by atoms with Crippen molar-refractivity contribution in [3.8, 4) is 11.5 Å². The minimum Gasteiger partial charge on any atom is -0.450 e. The predicted molar refractivity (Wildman–Crippen MR) is 67.5 cm³/mol. The maximum atomic E-state index is 13.1. The molecule has 5 nitrogen and oxygen atoms in total. The van der Waals surface area contributed by atoms with Crippen LogP contribution in [0.2, 0.25) is 0 Å². The van der Waals surface area contributed by atoms with Crippen molar-refractivity contribution in [2.75, 3.05) is 0 Å². The molecule has 6 heteroatoms. The number of hydrogen-bond donors (Lipinski definition) is 1. The quantitative estimate of drug-likeness (QED) is 0.678. The molecule has 0 unspecified atom stereocenters. The maximum Gasteiger partial charge on any atom is 0.311 e. The molecule has 0 amide bonds. The van der Waals surface area contributed by atoms with Crippen molar-refractivity contribution in [1.82, 2.24) is 0 Å².